The third-order valence-electron chi connectivity index (χ3n) is 11.4. The number of hydrogen-bond donors (Lipinski definition) is 1. The second-order valence-electron chi connectivity index (χ2n) is 14.7. The van der Waals surface area contributed by atoms with Crippen molar-refractivity contribution in [1.82, 2.24) is 4.57 Å². The molecule has 3 nitrogen and oxygen atoms in total. The van der Waals surface area contributed by atoms with Crippen LogP contribution < -0.4 is 21.0 Å². The van der Waals surface area contributed by atoms with Gasteiger partial charge in [0.1, 0.15) is 11.5 Å². The van der Waals surface area contributed by atoms with Gasteiger partial charge in [0.25, 0.3) is 0 Å². The van der Waals surface area contributed by atoms with Gasteiger partial charge in [-0.05, 0) is 81.8 Å². The first-order valence-corrected chi connectivity index (χ1v) is 18.9. The van der Waals surface area contributed by atoms with Crippen molar-refractivity contribution >= 4 is 73.5 Å². The van der Waals surface area contributed by atoms with Gasteiger partial charge in [-0.3, -0.25) is 0 Å². The van der Waals surface area contributed by atoms with Crippen LogP contribution >= 0.6 is 0 Å². The summed E-state index contributed by atoms with van der Waals surface area (Å²) in [5, 5.41) is 8.81. The lowest BCUT2D eigenvalue weighted by Gasteiger charge is -2.28. The van der Waals surface area contributed by atoms with Crippen LogP contribution in [0.1, 0.15) is 16.7 Å². The van der Waals surface area contributed by atoms with Gasteiger partial charge in [0.15, 0.2) is 7.28 Å². The van der Waals surface area contributed by atoms with Gasteiger partial charge < -0.3 is 14.6 Å². The quantitative estimate of drug-likeness (QED) is 0.181. The molecule has 3 heterocycles. The summed E-state index contributed by atoms with van der Waals surface area (Å²) in [5.41, 5.74) is 17.3. The molecule has 0 aliphatic carbocycles. The molecule has 11 rings (SSSR count). The van der Waals surface area contributed by atoms with Gasteiger partial charge in [0.05, 0.1) is 5.52 Å². The largest absolute Gasteiger partial charge is 0.456 e. The summed E-state index contributed by atoms with van der Waals surface area (Å²) < 4.78 is 9.26. The summed E-state index contributed by atoms with van der Waals surface area (Å²) in [4.78, 5) is 0. The Morgan fingerprint density at radius 3 is 2.16 bits per heavy atom. The van der Waals surface area contributed by atoms with E-state index in [-0.39, 0.29) is 0 Å². The number of aryl methyl sites for hydroxylation is 1. The normalized spacial score (nSPS) is 12.9. The molecule has 8 aromatic carbocycles. The van der Waals surface area contributed by atoms with Crippen molar-refractivity contribution < 1.29 is 4.74 Å². The van der Waals surface area contributed by atoms with E-state index in [2.05, 4.69) is 175 Å². The Labute approximate surface area is 320 Å². The molecule has 1 N–H and O–H groups in total. The number of hydrogen-bond acceptors (Lipinski definition) is 2. The van der Waals surface area contributed by atoms with E-state index in [0.29, 0.717) is 0 Å². The van der Waals surface area contributed by atoms with Crippen LogP contribution in [-0.2, 0) is 0 Å². The molecule has 0 saturated heterocycles. The topological polar surface area (TPSA) is 26.2 Å². The predicted octanol–water partition coefficient (Wildman–Crippen LogP) is 11.5. The number of nitrogens with one attached hydrogen (secondary N) is 1. The molecule has 0 fully saturated rings. The number of ether oxygens (including phenoxy) is 1. The lowest BCUT2D eigenvalue weighted by molar-refractivity contribution is 0.509. The van der Waals surface area contributed by atoms with Gasteiger partial charge >= 0.3 is 0 Å². The van der Waals surface area contributed by atoms with Crippen LogP contribution in [-0.4, -0.2) is 11.8 Å². The molecule has 9 aromatic rings. The highest BCUT2D eigenvalue weighted by molar-refractivity contribution is 6.74. The van der Waals surface area contributed by atoms with Crippen LogP contribution in [0.3, 0.4) is 0 Å². The van der Waals surface area contributed by atoms with Crippen LogP contribution in [0.5, 0.6) is 5.75 Å². The van der Waals surface area contributed by atoms with Gasteiger partial charge in [-0.15, -0.1) is 0 Å². The van der Waals surface area contributed by atoms with E-state index in [4.69, 9.17) is 4.74 Å². The van der Waals surface area contributed by atoms with Gasteiger partial charge in [-0.2, -0.15) is 0 Å². The Balaban J connectivity index is 1.24. The molecule has 0 bridgehead atoms. The zero-order valence-electron chi connectivity index (χ0n) is 30.4. The minimum Gasteiger partial charge on any atom is -0.456 e. The van der Waals surface area contributed by atoms with E-state index in [9.17, 15) is 0 Å². The Bertz CT molecular complexity index is 3070. The Kier molecular flexibility index (Phi) is 7.02. The molecule has 1 aromatic heterocycles. The summed E-state index contributed by atoms with van der Waals surface area (Å²) in [6.07, 6.45) is 2.07. The van der Waals surface area contributed by atoms with Crippen molar-refractivity contribution in [3.05, 3.63) is 193 Å². The van der Waals surface area contributed by atoms with Crippen LogP contribution in [0.2, 0.25) is 0 Å². The highest BCUT2D eigenvalue weighted by atomic mass is 16.5. The molecule has 2 aliphatic heterocycles. The highest BCUT2D eigenvalue weighted by Crippen LogP contribution is 2.46. The summed E-state index contributed by atoms with van der Waals surface area (Å²) in [6.45, 7) is 6.66. The lowest BCUT2D eigenvalue weighted by atomic mass is 9.58. The molecule has 0 unspecified atom stereocenters. The summed E-state index contributed by atoms with van der Waals surface area (Å²) >= 11 is 0. The number of fused-ring (bicyclic) bond motifs is 8. The first-order chi connectivity index (χ1) is 27.1. The molecule has 258 valence electrons. The van der Waals surface area contributed by atoms with Crippen LogP contribution in [0, 0.1) is 6.92 Å². The monoisotopic (exact) mass is 702 g/mol. The maximum Gasteiger partial charge on any atom is 0.198 e. The van der Waals surface area contributed by atoms with E-state index in [1.807, 2.05) is 18.2 Å². The van der Waals surface area contributed by atoms with Crippen LogP contribution in [0.4, 0.5) is 11.4 Å². The fourth-order valence-corrected chi connectivity index (χ4v) is 8.79. The number of benzene rings is 8. The summed E-state index contributed by atoms with van der Waals surface area (Å²) in [5.74, 6) is 1.64. The molecular formula is C51H35BN2O. The van der Waals surface area contributed by atoms with E-state index in [1.165, 1.54) is 71.3 Å². The SMILES string of the molecule is C=C1C=C(c2ccccc2)Oc2cc3c(cc21)Bc1c(-c2ccccc2Nc2ccc(C)cc2)cc(-c2ccccc2)c2c4c5ccccc5ccc4n-3c12. The van der Waals surface area contributed by atoms with E-state index < -0.39 is 0 Å². The molecule has 0 atom stereocenters. The molecule has 2 aliphatic rings. The fourth-order valence-electron chi connectivity index (χ4n) is 8.79. The molecule has 0 spiro atoms. The van der Waals surface area contributed by atoms with E-state index in [1.54, 1.807) is 0 Å². The van der Waals surface area contributed by atoms with Gasteiger partial charge in [-0.1, -0.05) is 145 Å². The molecule has 0 amide bonds. The molecular weight excluding hydrogens is 667 g/mol. The number of aromatic nitrogens is 1. The van der Waals surface area contributed by atoms with Gasteiger partial charge in [-0.25, -0.2) is 0 Å². The van der Waals surface area contributed by atoms with Crippen molar-refractivity contribution in [3.63, 3.8) is 0 Å². The Morgan fingerprint density at radius 1 is 0.618 bits per heavy atom. The van der Waals surface area contributed by atoms with Crippen molar-refractivity contribution in [2.75, 3.05) is 5.32 Å². The third kappa shape index (κ3) is 4.99. The lowest BCUT2D eigenvalue weighted by Crippen LogP contribution is -2.38. The zero-order chi connectivity index (χ0) is 36.6. The van der Waals surface area contributed by atoms with Crippen molar-refractivity contribution in [2.45, 2.75) is 6.92 Å². The first kappa shape index (κ1) is 31.5. The second kappa shape index (κ2) is 12.3. The third-order valence-corrected chi connectivity index (χ3v) is 11.4. The maximum absolute atomic E-state index is 6.74. The van der Waals surface area contributed by atoms with Crippen LogP contribution in [0.15, 0.2) is 176 Å². The average Bonchev–Trinajstić information content (AvgIpc) is 3.59. The summed E-state index contributed by atoms with van der Waals surface area (Å²) in [6, 6.07) is 59.0. The molecule has 0 radical (unpaired) electrons. The molecule has 4 heteroatoms. The number of nitrogens with zero attached hydrogens (tertiary/aromatic N) is 1. The number of rotatable bonds is 5. The van der Waals surface area contributed by atoms with E-state index >= 15 is 0 Å². The zero-order valence-corrected chi connectivity index (χ0v) is 30.4. The van der Waals surface area contributed by atoms with Crippen molar-refractivity contribution in [2.24, 2.45) is 0 Å². The fraction of sp³-hybridized carbons (Fsp3) is 0.0196. The predicted molar refractivity (Wildman–Crippen MR) is 234 cm³/mol. The second-order valence-corrected chi connectivity index (χ2v) is 14.7. The first-order valence-electron chi connectivity index (χ1n) is 18.9. The molecule has 0 saturated carbocycles. The van der Waals surface area contributed by atoms with Crippen molar-refractivity contribution in [1.29, 1.82) is 0 Å². The van der Waals surface area contributed by atoms with Crippen molar-refractivity contribution in [3.8, 4) is 33.7 Å². The number of allylic oxidation sites excluding steroid dienone is 2. The van der Waals surface area contributed by atoms with E-state index in [0.717, 1.165) is 52.6 Å². The smallest absolute Gasteiger partial charge is 0.198 e. The van der Waals surface area contributed by atoms with Crippen LogP contribution in [0.25, 0.3) is 71.9 Å². The average molecular weight is 703 g/mol. The Hall–Kier alpha value is -7.04. The number of para-hydroxylation sites is 1. The number of anilines is 2. The maximum atomic E-state index is 6.74. The Morgan fingerprint density at radius 2 is 1.35 bits per heavy atom. The summed E-state index contributed by atoms with van der Waals surface area (Å²) in [7, 11) is 0.763. The standard InChI is InChI=1S/C51H35BN2O/c1-31-21-24-36(25-22-31)53-43-20-12-11-19-38(43)41-28-40(33-13-5-3-6-14-33)49-48-37-18-10-9-15-34(37)23-26-44(48)54-45-30-47-39(29-42(45)52-50(41)51(49)54)32(2)27-46(55-47)35-16-7-4-8-17-35/h3-30,52-53H,2H2,1H3. The minimum atomic E-state index is 0.763. The minimum absolute atomic E-state index is 0.763. The van der Waals surface area contributed by atoms with Gasteiger partial charge in [0.2, 0.25) is 0 Å². The van der Waals surface area contributed by atoms with Gasteiger partial charge in [0, 0.05) is 56.1 Å². The molecule has 55 heavy (non-hydrogen) atoms. The highest BCUT2D eigenvalue weighted by Gasteiger charge is 2.31.